The Hall–Kier alpha value is -0.400. The first-order chi connectivity index (χ1) is 4.74. The fourth-order valence-electron chi connectivity index (χ4n) is 0.624. The molecule has 0 bridgehead atoms. The van der Waals surface area contributed by atoms with Crippen molar-refractivity contribution >= 4 is 28.9 Å². The molecule has 0 N–H and O–H groups in total. The number of benzene rings is 1. The summed E-state index contributed by atoms with van der Waals surface area (Å²) in [6.45, 7) is 0. The topological polar surface area (TPSA) is 14.1 Å². The molecule has 0 unspecified atom stereocenters. The minimum atomic E-state index is 0.546. The average Bonchev–Trinajstić information content (AvgIpc) is 1.95. The molecule has 1 radical (unpaired) electrons. The quantitative estimate of drug-likeness (QED) is 0.622. The van der Waals surface area contributed by atoms with Crippen molar-refractivity contribution < 1.29 is 0 Å². The van der Waals surface area contributed by atoms with Crippen molar-refractivity contribution in [2.45, 2.75) is 0 Å². The summed E-state index contributed by atoms with van der Waals surface area (Å²) in [5.74, 6) is 0. The summed E-state index contributed by atoms with van der Waals surface area (Å²) in [6.07, 6.45) is 0. The highest BCUT2D eigenvalue weighted by molar-refractivity contribution is 6.42. The fourth-order valence-corrected chi connectivity index (χ4v) is 0.916. The van der Waals surface area contributed by atoms with Crippen LogP contribution < -0.4 is 5.32 Å². The van der Waals surface area contributed by atoms with E-state index in [-0.39, 0.29) is 0 Å². The van der Waals surface area contributed by atoms with E-state index in [1.54, 1.807) is 19.2 Å². The Morgan fingerprint density at radius 3 is 2.40 bits per heavy atom. The van der Waals surface area contributed by atoms with Crippen molar-refractivity contribution in [1.82, 2.24) is 5.32 Å². The first kappa shape index (κ1) is 7.70. The molecule has 0 heterocycles. The van der Waals surface area contributed by atoms with Crippen LogP contribution in [0.3, 0.4) is 0 Å². The first-order valence-corrected chi connectivity index (χ1v) is 3.54. The van der Waals surface area contributed by atoms with Gasteiger partial charge in [-0.25, -0.2) is 0 Å². The van der Waals surface area contributed by atoms with Crippen LogP contribution in [-0.4, -0.2) is 7.05 Å². The molecule has 0 spiro atoms. The molecule has 1 rings (SSSR count). The minimum Gasteiger partial charge on any atom is -0.289 e. The molecule has 1 aromatic carbocycles. The Labute approximate surface area is 70.0 Å². The standard InChI is InChI=1S/C7H6Cl2N/c1-10-5-2-3-6(8)7(9)4-5/h2-4H,1H3. The van der Waals surface area contributed by atoms with Gasteiger partial charge in [-0.1, -0.05) is 23.2 Å². The van der Waals surface area contributed by atoms with Crippen LogP contribution in [0.5, 0.6) is 0 Å². The van der Waals surface area contributed by atoms with E-state index in [1.165, 1.54) is 0 Å². The highest BCUT2D eigenvalue weighted by atomic mass is 35.5. The van der Waals surface area contributed by atoms with Crippen molar-refractivity contribution in [3.8, 4) is 0 Å². The molecule has 53 valence electrons. The van der Waals surface area contributed by atoms with E-state index in [1.807, 2.05) is 6.07 Å². The summed E-state index contributed by atoms with van der Waals surface area (Å²) in [5, 5.41) is 5.04. The zero-order valence-corrected chi connectivity index (χ0v) is 6.95. The van der Waals surface area contributed by atoms with E-state index in [4.69, 9.17) is 23.2 Å². The Morgan fingerprint density at radius 2 is 1.90 bits per heavy atom. The lowest BCUT2D eigenvalue weighted by Crippen LogP contribution is -1.84. The van der Waals surface area contributed by atoms with Crippen molar-refractivity contribution in [3.63, 3.8) is 0 Å². The van der Waals surface area contributed by atoms with E-state index in [2.05, 4.69) is 5.32 Å². The second-order valence-electron chi connectivity index (χ2n) is 1.82. The minimum absolute atomic E-state index is 0.546. The van der Waals surface area contributed by atoms with Gasteiger partial charge in [0.15, 0.2) is 0 Å². The van der Waals surface area contributed by atoms with Crippen molar-refractivity contribution in [2.75, 3.05) is 7.05 Å². The molecule has 10 heavy (non-hydrogen) atoms. The Kier molecular flexibility index (Phi) is 2.41. The number of hydrogen-bond acceptors (Lipinski definition) is 0. The van der Waals surface area contributed by atoms with Crippen LogP contribution in [0.1, 0.15) is 0 Å². The monoisotopic (exact) mass is 174 g/mol. The fraction of sp³-hybridized carbons (Fsp3) is 0.143. The van der Waals surface area contributed by atoms with Gasteiger partial charge in [0.1, 0.15) is 0 Å². The summed E-state index contributed by atoms with van der Waals surface area (Å²) >= 11 is 11.4. The van der Waals surface area contributed by atoms with Crippen LogP contribution >= 0.6 is 23.2 Å². The maximum absolute atomic E-state index is 5.70. The lowest BCUT2D eigenvalue weighted by atomic mass is 10.3. The molecular formula is C7H6Cl2N. The molecule has 0 aliphatic carbocycles. The largest absolute Gasteiger partial charge is 0.289 e. The highest BCUT2D eigenvalue weighted by Gasteiger charge is 1.96. The molecule has 0 saturated heterocycles. The van der Waals surface area contributed by atoms with Crippen LogP contribution in [-0.2, 0) is 0 Å². The molecule has 0 saturated carbocycles. The second-order valence-corrected chi connectivity index (χ2v) is 2.64. The SMILES string of the molecule is C[N]c1ccc(Cl)c(Cl)c1. The number of hydrogen-bond donors (Lipinski definition) is 0. The van der Waals surface area contributed by atoms with E-state index in [0.717, 1.165) is 5.69 Å². The third kappa shape index (κ3) is 1.55. The maximum atomic E-state index is 5.70. The maximum Gasteiger partial charge on any atom is 0.0613 e. The molecule has 0 atom stereocenters. The van der Waals surface area contributed by atoms with Gasteiger partial charge in [-0.05, 0) is 18.2 Å². The summed E-state index contributed by atoms with van der Waals surface area (Å²) in [4.78, 5) is 0. The van der Waals surface area contributed by atoms with Crippen molar-refractivity contribution in [1.29, 1.82) is 0 Å². The molecule has 1 nitrogen and oxygen atoms in total. The summed E-state index contributed by atoms with van der Waals surface area (Å²) in [5.41, 5.74) is 0.842. The third-order valence-corrected chi connectivity index (χ3v) is 1.90. The van der Waals surface area contributed by atoms with E-state index >= 15 is 0 Å². The van der Waals surface area contributed by atoms with Crippen molar-refractivity contribution in [2.24, 2.45) is 0 Å². The molecule has 1 aromatic rings. The lowest BCUT2D eigenvalue weighted by molar-refractivity contribution is 1.09. The summed E-state index contributed by atoms with van der Waals surface area (Å²) in [6, 6.07) is 5.27. The normalized spacial score (nSPS) is 9.50. The van der Waals surface area contributed by atoms with E-state index < -0.39 is 0 Å². The first-order valence-electron chi connectivity index (χ1n) is 2.79. The van der Waals surface area contributed by atoms with Gasteiger partial charge in [0.2, 0.25) is 0 Å². The van der Waals surface area contributed by atoms with Crippen LogP contribution in [0.2, 0.25) is 10.0 Å². The van der Waals surface area contributed by atoms with Gasteiger partial charge in [0.25, 0.3) is 0 Å². The molecular weight excluding hydrogens is 169 g/mol. The predicted octanol–water partition coefficient (Wildman–Crippen LogP) is 2.86. The van der Waals surface area contributed by atoms with Gasteiger partial charge in [-0.15, -0.1) is 0 Å². The average molecular weight is 175 g/mol. The summed E-state index contributed by atoms with van der Waals surface area (Å²) in [7, 11) is 1.71. The van der Waals surface area contributed by atoms with Gasteiger partial charge in [-0.3, -0.25) is 5.32 Å². The lowest BCUT2D eigenvalue weighted by Gasteiger charge is -1.97. The highest BCUT2D eigenvalue weighted by Crippen LogP contribution is 2.24. The van der Waals surface area contributed by atoms with Gasteiger partial charge < -0.3 is 0 Å². The van der Waals surface area contributed by atoms with Gasteiger partial charge >= 0.3 is 0 Å². The Bertz CT molecular complexity index is 235. The zero-order chi connectivity index (χ0) is 7.56. The van der Waals surface area contributed by atoms with Crippen LogP contribution in [0.4, 0.5) is 5.69 Å². The Balaban J connectivity index is 3.04. The van der Waals surface area contributed by atoms with Crippen LogP contribution in [0.25, 0.3) is 0 Å². The van der Waals surface area contributed by atoms with E-state index in [9.17, 15) is 0 Å². The number of nitrogens with zero attached hydrogens (tertiary/aromatic N) is 1. The van der Waals surface area contributed by atoms with Crippen molar-refractivity contribution in [3.05, 3.63) is 28.2 Å². The molecule has 0 aliphatic rings. The predicted molar refractivity (Wildman–Crippen MR) is 44.2 cm³/mol. The second kappa shape index (κ2) is 3.13. The van der Waals surface area contributed by atoms with Crippen LogP contribution in [0.15, 0.2) is 18.2 Å². The zero-order valence-electron chi connectivity index (χ0n) is 5.44. The molecule has 0 fully saturated rings. The molecule has 0 aromatic heterocycles. The summed E-state index contributed by atoms with van der Waals surface area (Å²) < 4.78 is 0. The van der Waals surface area contributed by atoms with Gasteiger partial charge in [0.05, 0.1) is 15.7 Å². The molecule has 3 heteroatoms. The van der Waals surface area contributed by atoms with Gasteiger partial charge in [-0.2, -0.15) is 0 Å². The molecule has 0 amide bonds. The van der Waals surface area contributed by atoms with Crippen LogP contribution in [0, 0.1) is 0 Å². The molecule has 0 aliphatic heterocycles. The van der Waals surface area contributed by atoms with Gasteiger partial charge in [0, 0.05) is 7.05 Å². The smallest absolute Gasteiger partial charge is 0.0613 e. The third-order valence-electron chi connectivity index (χ3n) is 1.16. The number of rotatable bonds is 1. The Morgan fingerprint density at radius 1 is 1.20 bits per heavy atom. The van der Waals surface area contributed by atoms with E-state index in [0.29, 0.717) is 10.0 Å². The number of halogens is 2.